The van der Waals surface area contributed by atoms with Crippen LogP contribution in [0.1, 0.15) is 17.4 Å². The Morgan fingerprint density at radius 1 is 1.15 bits per heavy atom. The minimum atomic E-state index is -0.529. The number of nitrogens with two attached hydrogens (primary N) is 1. The second kappa shape index (κ2) is 7.21. The first-order chi connectivity index (χ1) is 12.4. The van der Waals surface area contributed by atoms with Crippen LogP contribution in [-0.2, 0) is 11.3 Å². The molecule has 0 spiro atoms. The molecular formula is C19H22N4O2S. The van der Waals surface area contributed by atoms with Crippen LogP contribution in [0.3, 0.4) is 0 Å². The SMILES string of the molecule is CCN(C(=O)Cn1c(C(N)=O)cc2sccc21)c1cccc(N(C)C)c1. The molecule has 0 atom stereocenters. The molecular weight excluding hydrogens is 348 g/mol. The molecule has 2 aromatic heterocycles. The molecule has 3 rings (SSSR count). The number of aromatic nitrogens is 1. The summed E-state index contributed by atoms with van der Waals surface area (Å²) in [6.07, 6.45) is 0. The van der Waals surface area contributed by atoms with E-state index in [0.29, 0.717) is 12.2 Å². The van der Waals surface area contributed by atoms with Crippen LogP contribution < -0.4 is 15.5 Å². The zero-order chi connectivity index (χ0) is 18.8. The van der Waals surface area contributed by atoms with Crippen LogP contribution in [0.2, 0.25) is 0 Å². The average molecular weight is 370 g/mol. The normalized spacial score (nSPS) is 10.9. The summed E-state index contributed by atoms with van der Waals surface area (Å²) < 4.78 is 2.65. The van der Waals surface area contributed by atoms with Crippen LogP contribution in [0.25, 0.3) is 10.2 Å². The third kappa shape index (κ3) is 3.30. The van der Waals surface area contributed by atoms with Gasteiger partial charge in [-0.25, -0.2) is 0 Å². The summed E-state index contributed by atoms with van der Waals surface area (Å²) in [6.45, 7) is 2.54. The zero-order valence-corrected chi connectivity index (χ0v) is 15.9. The van der Waals surface area contributed by atoms with Crippen molar-refractivity contribution in [3.05, 3.63) is 47.5 Å². The van der Waals surface area contributed by atoms with Gasteiger partial charge >= 0.3 is 0 Å². The molecule has 0 saturated carbocycles. The number of primary amides is 1. The van der Waals surface area contributed by atoms with E-state index in [-0.39, 0.29) is 12.5 Å². The highest BCUT2D eigenvalue weighted by molar-refractivity contribution is 7.17. The van der Waals surface area contributed by atoms with Gasteiger partial charge in [0.2, 0.25) is 5.91 Å². The minimum Gasteiger partial charge on any atom is -0.378 e. The van der Waals surface area contributed by atoms with Crippen molar-refractivity contribution in [1.29, 1.82) is 0 Å². The second-order valence-electron chi connectivity index (χ2n) is 6.20. The molecule has 0 bridgehead atoms. The van der Waals surface area contributed by atoms with Crippen molar-refractivity contribution in [2.75, 3.05) is 30.4 Å². The van der Waals surface area contributed by atoms with Gasteiger partial charge in [0, 0.05) is 32.0 Å². The largest absolute Gasteiger partial charge is 0.378 e. The maximum atomic E-state index is 13.0. The predicted octanol–water partition coefficient (Wildman–Crippen LogP) is 2.92. The molecule has 26 heavy (non-hydrogen) atoms. The van der Waals surface area contributed by atoms with E-state index < -0.39 is 5.91 Å². The molecule has 0 aliphatic carbocycles. The van der Waals surface area contributed by atoms with Crippen LogP contribution in [-0.4, -0.2) is 37.0 Å². The van der Waals surface area contributed by atoms with E-state index in [2.05, 4.69) is 0 Å². The van der Waals surface area contributed by atoms with Gasteiger partial charge in [0.25, 0.3) is 5.91 Å². The fraction of sp³-hybridized carbons (Fsp3) is 0.263. The first-order valence-electron chi connectivity index (χ1n) is 8.36. The van der Waals surface area contributed by atoms with E-state index in [1.807, 2.05) is 61.6 Å². The van der Waals surface area contributed by atoms with Crippen molar-refractivity contribution in [3.63, 3.8) is 0 Å². The predicted molar refractivity (Wildman–Crippen MR) is 107 cm³/mol. The smallest absolute Gasteiger partial charge is 0.265 e. The maximum absolute atomic E-state index is 13.0. The van der Waals surface area contributed by atoms with Gasteiger partial charge in [-0.2, -0.15) is 0 Å². The third-order valence-electron chi connectivity index (χ3n) is 4.34. The molecule has 0 unspecified atom stereocenters. The highest BCUT2D eigenvalue weighted by Gasteiger charge is 2.20. The molecule has 0 radical (unpaired) electrons. The topological polar surface area (TPSA) is 71.6 Å². The van der Waals surface area contributed by atoms with Gasteiger partial charge in [0.15, 0.2) is 0 Å². The van der Waals surface area contributed by atoms with Gasteiger partial charge in [0.1, 0.15) is 12.2 Å². The standard InChI is InChI=1S/C19H22N4O2S/c1-4-22(14-7-5-6-13(10-14)21(2)3)18(24)12-23-15-8-9-26-17(15)11-16(23)19(20)25/h5-11H,4,12H2,1-3H3,(H2,20,25). The fourth-order valence-corrected chi connectivity index (χ4v) is 3.84. The molecule has 1 aromatic carbocycles. The fourth-order valence-electron chi connectivity index (χ4n) is 3.01. The Labute approximate surface area is 156 Å². The van der Waals surface area contributed by atoms with Crippen molar-refractivity contribution in [3.8, 4) is 0 Å². The summed E-state index contributed by atoms with van der Waals surface area (Å²) in [5.41, 5.74) is 8.57. The number of carbonyl (C=O) groups is 2. The van der Waals surface area contributed by atoms with Gasteiger partial charge in [-0.1, -0.05) is 6.07 Å². The van der Waals surface area contributed by atoms with Gasteiger partial charge in [-0.3, -0.25) is 9.59 Å². The summed E-state index contributed by atoms with van der Waals surface area (Å²) in [4.78, 5) is 28.5. The van der Waals surface area contributed by atoms with Crippen LogP contribution >= 0.6 is 11.3 Å². The third-order valence-corrected chi connectivity index (χ3v) is 5.20. The molecule has 2 amide bonds. The number of rotatable bonds is 6. The number of hydrogen-bond donors (Lipinski definition) is 1. The Bertz CT molecular complexity index is 958. The lowest BCUT2D eigenvalue weighted by molar-refractivity contribution is -0.119. The average Bonchev–Trinajstić information content (AvgIpc) is 3.18. The quantitative estimate of drug-likeness (QED) is 0.725. The van der Waals surface area contributed by atoms with Crippen molar-refractivity contribution < 1.29 is 9.59 Å². The molecule has 136 valence electrons. The second-order valence-corrected chi connectivity index (χ2v) is 7.15. The first kappa shape index (κ1) is 18.0. The summed E-state index contributed by atoms with van der Waals surface area (Å²) in [6, 6.07) is 11.5. The van der Waals surface area contributed by atoms with Gasteiger partial charge in [-0.15, -0.1) is 11.3 Å². The van der Waals surface area contributed by atoms with E-state index >= 15 is 0 Å². The van der Waals surface area contributed by atoms with Crippen molar-refractivity contribution >= 4 is 44.7 Å². The number of likely N-dealkylation sites (N-methyl/N-ethyl adjacent to an activating group) is 1. The van der Waals surface area contributed by atoms with Crippen LogP contribution in [0.5, 0.6) is 0 Å². The Kier molecular flexibility index (Phi) is 4.99. The van der Waals surface area contributed by atoms with E-state index in [0.717, 1.165) is 21.6 Å². The lowest BCUT2D eigenvalue weighted by Gasteiger charge is -2.24. The Hall–Kier alpha value is -2.80. The van der Waals surface area contributed by atoms with E-state index in [9.17, 15) is 9.59 Å². The van der Waals surface area contributed by atoms with Crippen LogP contribution in [0.4, 0.5) is 11.4 Å². The Balaban J connectivity index is 1.93. The lowest BCUT2D eigenvalue weighted by Crippen LogP contribution is -2.34. The summed E-state index contributed by atoms with van der Waals surface area (Å²) in [7, 11) is 3.92. The molecule has 2 heterocycles. The highest BCUT2D eigenvalue weighted by atomic mass is 32.1. The number of nitrogens with zero attached hydrogens (tertiary/aromatic N) is 3. The summed E-state index contributed by atoms with van der Waals surface area (Å²) in [5.74, 6) is -0.617. The first-order valence-corrected chi connectivity index (χ1v) is 9.24. The molecule has 0 saturated heterocycles. The number of fused-ring (bicyclic) bond motifs is 1. The number of thiophene rings is 1. The van der Waals surface area contributed by atoms with Crippen LogP contribution in [0.15, 0.2) is 41.8 Å². The number of benzene rings is 1. The zero-order valence-electron chi connectivity index (χ0n) is 15.1. The Morgan fingerprint density at radius 2 is 1.88 bits per heavy atom. The van der Waals surface area contributed by atoms with E-state index in [4.69, 9.17) is 5.73 Å². The minimum absolute atomic E-state index is 0.0680. The van der Waals surface area contributed by atoms with Gasteiger partial charge in [-0.05, 0) is 42.6 Å². The number of carbonyl (C=O) groups excluding carboxylic acids is 2. The molecule has 3 aromatic rings. The molecule has 6 nitrogen and oxygen atoms in total. The summed E-state index contributed by atoms with van der Waals surface area (Å²) in [5, 5.41) is 1.94. The molecule has 2 N–H and O–H groups in total. The van der Waals surface area contributed by atoms with E-state index in [1.165, 1.54) is 11.3 Å². The number of amides is 2. The monoisotopic (exact) mass is 370 g/mol. The number of hydrogen-bond acceptors (Lipinski definition) is 4. The van der Waals surface area contributed by atoms with Gasteiger partial charge < -0.3 is 20.1 Å². The van der Waals surface area contributed by atoms with Crippen molar-refractivity contribution in [2.24, 2.45) is 5.73 Å². The highest BCUT2D eigenvalue weighted by Crippen LogP contribution is 2.26. The van der Waals surface area contributed by atoms with Crippen molar-refractivity contribution in [2.45, 2.75) is 13.5 Å². The summed E-state index contributed by atoms with van der Waals surface area (Å²) >= 11 is 1.52. The van der Waals surface area contributed by atoms with Crippen molar-refractivity contribution in [1.82, 2.24) is 4.57 Å². The lowest BCUT2D eigenvalue weighted by atomic mass is 10.2. The Morgan fingerprint density at radius 3 is 2.54 bits per heavy atom. The number of anilines is 2. The molecule has 0 aliphatic heterocycles. The maximum Gasteiger partial charge on any atom is 0.265 e. The van der Waals surface area contributed by atoms with E-state index in [1.54, 1.807) is 15.5 Å². The molecule has 0 aliphatic rings. The van der Waals surface area contributed by atoms with Gasteiger partial charge in [0.05, 0.1) is 10.2 Å². The van der Waals surface area contributed by atoms with Crippen LogP contribution in [0, 0.1) is 0 Å². The molecule has 0 fully saturated rings. The molecule has 7 heteroatoms.